The van der Waals surface area contributed by atoms with E-state index in [1.54, 1.807) is 42.5 Å². The molecule has 8 heteroatoms. The molecule has 1 saturated heterocycles. The third kappa shape index (κ3) is 5.13. The number of carbonyl (C=O) groups excluding carboxylic acids is 2. The molecule has 0 aromatic heterocycles. The van der Waals surface area contributed by atoms with Gasteiger partial charge in [0.1, 0.15) is 17.3 Å². The van der Waals surface area contributed by atoms with Crippen LogP contribution in [0.1, 0.15) is 31.0 Å². The topological polar surface area (TPSA) is 79.3 Å². The van der Waals surface area contributed by atoms with Gasteiger partial charge in [-0.05, 0) is 74.0 Å². The molecule has 3 aromatic rings. The standard InChI is InChI=1S/C29H29ClN2O5/c1-17(2)37-22-8-6-7-18(15-22)26-25(27(33)19-9-14-24(36-5)23(30)16-19)28(34)29(35)32(26)21-12-10-20(11-13-21)31(3)4/h6-17,26,33H,1-5H3/b27-25+. The van der Waals surface area contributed by atoms with Crippen LogP contribution < -0.4 is 19.3 Å². The zero-order valence-corrected chi connectivity index (χ0v) is 22.1. The van der Waals surface area contributed by atoms with Crippen LogP contribution in [0.3, 0.4) is 0 Å². The molecule has 0 radical (unpaired) electrons. The molecule has 7 nitrogen and oxygen atoms in total. The fraction of sp³-hybridized carbons (Fsp3) is 0.241. The number of nitrogens with zero attached hydrogens (tertiary/aromatic N) is 2. The van der Waals surface area contributed by atoms with Gasteiger partial charge in [0.2, 0.25) is 0 Å². The fourth-order valence-electron chi connectivity index (χ4n) is 4.32. The quantitative estimate of drug-likeness (QED) is 0.240. The highest BCUT2D eigenvalue weighted by Gasteiger charge is 2.47. The number of aliphatic hydroxyl groups is 1. The predicted octanol–water partition coefficient (Wildman–Crippen LogP) is 5.83. The molecule has 1 fully saturated rings. The Morgan fingerprint density at radius 2 is 1.73 bits per heavy atom. The van der Waals surface area contributed by atoms with Crippen molar-refractivity contribution in [2.75, 3.05) is 31.0 Å². The molecule has 1 unspecified atom stereocenters. The summed E-state index contributed by atoms with van der Waals surface area (Å²) in [5.41, 5.74) is 2.35. The van der Waals surface area contributed by atoms with Gasteiger partial charge in [0.25, 0.3) is 11.7 Å². The first-order valence-electron chi connectivity index (χ1n) is 11.8. The summed E-state index contributed by atoms with van der Waals surface area (Å²) in [4.78, 5) is 30.2. The van der Waals surface area contributed by atoms with Crippen LogP contribution in [-0.4, -0.2) is 44.1 Å². The Morgan fingerprint density at radius 1 is 1.03 bits per heavy atom. The molecule has 0 bridgehead atoms. The number of halogens is 1. The molecule has 1 aliphatic rings. The Bertz CT molecular complexity index is 1360. The van der Waals surface area contributed by atoms with E-state index in [0.717, 1.165) is 5.69 Å². The predicted molar refractivity (Wildman–Crippen MR) is 146 cm³/mol. The molecule has 0 aliphatic carbocycles. The highest BCUT2D eigenvalue weighted by Crippen LogP contribution is 2.43. The maximum atomic E-state index is 13.4. The third-order valence-corrected chi connectivity index (χ3v) is 6.35. The van der Waals surface area contributed by atoms with Crippen LogP contribution in [0.5, 0.6) is 11.5 Å². The first kappa shape index (κ1) is 26.1. The second-order valence-corrected chi connectivity index (χ2v) is 9.58. The van der Waals surface area contributed by atoms with Crippen molar-refractivity contribution in [2.45, 2.75) is 26.0 Å². The smallest absolute Gasteiger partial charge is 0.300 e. The Morgan fingerprint density at radius 3 is 2.32 bits per heavy atom. The Hall–Kier alpha value is -3.97. The molecule has 1 atom stereocenters. The number of rotatable bonds is 7. The Kier molecular flexibility index (Phi) is 7.45. The van der Waals surface area contributed by atoms with E-state index < -0.39 is 17.7 Å². The van der Waals surface area contributed by atoms with Crippen LogP contribution in [0.2, 0.25) is 5.02 Å². The molecule has 1 amide bonds. The molecule has 1 heterocycles. The van der Waals surface area contributed by atoms with Crippen LogP contribution in [0.4, 0.5) is 11.4 Å². The zero-order valence-electron chi connectivity index (χ0n) is 21.4. The van der Waals surface area contributed by atoms with E-state index >= 15 is 0 Å². The lowest BCUT2D eigenvalue weighted by molar-refractivity contribution is -0.132. The minimum atomic E-state index is -0.887. The second-order valence-electron chi connectivity index (χ2n) is 9.17. The number of ether oxygens (including phenoxy) is 2. The lowest BCUT2D eigenvalue weighted by atomic mass is 9.95. The molecule has 0 spiro atoms. The lowest BCUT2D eigenvalue weighted by Crippen LogP contribution is -2.29. The van der Waals surface area contributed by atoms with Crippen molar-refractivity contribution in [3.63, 3.8) is 0 Å². The van der Waals surface area contributed by atoms with Crippen LogP contribution in [-0.2, 0) is 9.59 Å². The number of ketones is 1. The van der Waals surface area contributed by atoms with E-state index in [2.05, 4.69) is 0 Å². The Labute approximate surface area is 221 Å². The van der Waals surface area contributed by atoms with Crippen molar-refractivity contribution in [1.82, 2.24) is 0 Å². The van der Waals surface area contributed by atoms with Gasteiger partial charge in [-0.2, -0.15) is 0 Å². The van der Waals surface area contributed by atoms with E-state index in [-0.39, 0.29) is 22.5 Å². The number of hydrogen-bond donors (Lipinski definition) is 1. The molecule has 0 saturated carbocycles. The number of Topliss-reactive ketones (excluding diaryl/α,β-unsaturated/α-hetero) is 1. The van der Waals surface area contributed by atoms with E-state index in [9.17, 15) is 14.7 Å². The first-order chi connectivity index (χ1) is 17.6. The van der Waals surface area contributed by atoms with Gasteiger partial charge < -0.3 is 19.5 Å². The van der Waals surface area contributed by atoms with Crippen molar-refractivity contribution in [3.8, 4) is 11.5 Å². The SMILES string of the molecule is COc1ccc(/C(O)=C2\C(=O)C(=O)N(c3ccc(N(C)C)cc3)C2c2cccc(OC(C)C)c2)cc1Cl. The summed E-state index contributed by atoms with van der Waals surface area (Å²) in [5.74, 6) is -0.834. The van der Waals surface area contributed by atoms with E-state index in [4.69, 9.17) is 21.1 Å². The molecule has 192 valence electrons. The summed E-state index contributed by atoms with van der Waals surface area (Å²) in [6.07, 6.45) is -0.0679. The van der Waals surface area contributed by atoms with Gasteiger partial charge in [0.15, 0.2) is 0 Å². The van der Waals surface area contributed by atoms with Crippen molar-refractivity contribution >= 4 is 40.4 Å². The molecule has 1 N–H and O–H groups in total. The average Bonchev–Trinajstić information content (AvgIpc) is 3.13. The third-order valence-electron chi connectivity index (χ3n) is 6.06. The highest BCUT2D eigenvalue weighted by molar-refractivity contribution is 6.51. The van der Waals surface area contributed by atoms with Gasteiger partial charge in [0.05, 0.1) is 29.9 Å². The summed E-state index contributed by atoms with van der Waals surface area (Å²) in [6.45, 7) is 3.83. The number of carbonyl (C=O) groups is 2. The molecule has 3 aromatic carbocycles. The van der Waals surface area contributed by atoms with Gasteiger partial charge >= 0.3 is 0 Å². The zero-order chi connectivity index (χ0) is 26.9. The van der Waals surface area contributed by atoms with Gasteiger partial charge in [-0.25, -0.2) is 0 Å². The summed E-state index contributed by atoms with van der Waals surface area (Å²) >= 11 is 6.29. The number of methoxy groups -OCH3 is 1. The second kappa shape index (κ2) is 10.6. The van der Waals surface area contributed by atoms with Gasteiger partial charge in [-0.15, -0.1) is 0 Å². The van der Waals surface area contributed by atoms with Crippen molar-refractivity contribution in [2.24, 2.45) is 0 Å². The van der Waals surface area contributed by atoms with Gasteiger partial charge in [0, 0.05) is 31.0 Å². The van der Waals surface area contributed by atoms with Crippen molar-refractivity contribution < 1.29 is 24.2 Å². The van der Waals surface area contributed by atoms with Crippen molar-refractivity contribution in [3.05, 3.63) is 88.5 Å². The van der Waals surface area contributed by atoms with E-state index in [1.165, 1.54) is 18.1 Å². The lowest BCUT2D eigenvalue weighted by Gasteiger charge is -2.26. The number of anilines is 2. The van der Waals surface area contributed by atoms with E-state index in [0.29, 0.717) is 28.3 Å². The molecule has 1 aliphatic heterocycles. The first-order valence-corrected chi connectivity index (χ1v) is 12.2. The number of benzene rings is 3. The maximum Gasteiger partial charge on any atom is 0.300 e. The molecule has 37 heavy (non-hydrogen) atoms. The van der Waals surface area contributed by atoms with Crippen LogP contribution >= 0.6 is 11.6 Å². The average molecular weight is 521 g/mol. The normalized spacial score (nSPS) is 16.8. The summed E-state index contributed by atoms with van der Waals surface area (Å²) in [6, 6.07) is 18.3. The highest BCUT2D eigenvalue weighted by atomic mass is 35.5. The van der Waals surface area contributed by atoms with E-state index in [1.807, 2.05) is 51.0 Å². The minimum absolute atomic E-state index is 0.0374. The van der Waals surface area contributed by atoms with Crippen LogP contribution in [0, 0.1) is 0 Å². The monoisotopic (exact) mass is 520 g/mol. The number of amides is 1. The largest absolute Gasteiger partial charge is 0.507 e. The number of hydrogen-bond acceptors (Lipinski definition) is 6. The van der Waals surface area contributed by atoms with Gasteiger partial charge in [-0.1, -0.05) is 23.7 Å². The maximum absolute atomic E-state index is 13.4. The van der Waals surface area contributed by atoms with Crippen LogP contribution in [0.25, 0.3) is 5.76 Å². The summed E-state index contributed by atoms with van der Waals surface area (Å²) < 4.78 is 11.1. The van der Waals surface area contributed by atoms with Crippen LogP contribution in [0.15, 0.2) is 72.3 Å². The molecular formula is C29H29ClN2O5. The van der Waals surface area contributed by atoms with Crippen molar-refractivity contribution in [1.29, 1.82) is 0 Å². The summed E-state index contributed by atoms with van der Waals surface area (Å²) in [5, 5.41) is 11.6. The molecule has 4 rings (SSSR count). The minimum Gasteiger partial charge on any atom is -0.507 e. The molecular weight excluding hydrogens is 492 g/mol. The fourth-order valence-corrected chi connectivity index (χ4v) is 4.58. The van der Waals surface area contributed by atoms with Gasteiger partial charge in [-0.3, -0.25) is 14.5 Å². The Balaban J connectivity index is 1.91. The number of aliphatic hydroxyl groups excluding tert-OH is 1. The summed E-state index contributed by atoms with van der Waals surface area (Å²) in [7, 11) is 5.32.